The van der Waals surface area contributed by atoms with Gasteiger partial charge in [-0.2, -0.15) is 5.10 Å². The van der Waals surface area contributed by atoms with E-state index in [-0.39, 0.29) is 17.0 Å². The molecule has 0 saturated heterocycles. The van der Waals surface area contributed by atoms with Crippen molar-refractivity contribution in [3.05, 3.63) is 93.5 Å². The van der Waals surface area contributed by atoms with E-state index >= 15 is 0 Å². The minimum absolute atomic E-state index is 0.114. The number of benzene rings is 3. The molecule has 0 fully saturated rings. The van der Waals surface area contributed by atoms with Crippen LogP contribution in [-0.4, -0.2) is 36.2 Å². The first kappa shape index (κ1) is 25.9. The van der Waals surface area contributed by atoms with Gasteiger partial charge in [-0.25, -0.2) is 10.2 Å². The van der Waals surface area contributed by atoms with Crippen LogP contribution in [0.25, 0.3) is 0 Å². The lowest BCUT2D eigenvalue weighted by molar-refractivity contribution is -0.384. The van der Waals surface area contributed by atoms with E-state index < -0.39 is 16.8 Å². The second-order valence-electron chi connectivity index (χ2n) is 7.40. The molecule has 3 aromatic rings. The van der Waals surface area contributed by atoms with Crippen molar-refractivity contribution in [2.75, 3.05) is 13.2 Å². The minimum atomic E-state index is -0.547. The number of non-ortho nitro benzene ring substituents is 1. The molecule has 0 aliphatic rings. The van der Waals surface area contributed by atoms with Gasteiger partial charge < -0.3 is 14.2 Å². The molecule has 1 amide bonds. The third-order valence-electron chi connectivity index (χ3n) is 4.75. The van der Waals surface area contributed by atoms with Crippen molar-refractivity contribution in [2.24, 2.45) is 5.10 Å². The number of amides is 1. The van der Waals surface area contributed by atoms with Crippen molar-refractivity contribution >= 4 is 23.8 Å². The Labute approximate surface area is 207 Å². The molecule has 0 aliphatic heterocycles. The molecule has 0 bridgehead atoms. The fraction of sp³-hybridized carbons (Fsp3) is 0.192. The Morgan fingerprint density at radius 3 is 2.28 bits per heavy atom. The number of carbonyl (C=O) groups excluding carboxylic acids is 2. The topological polar surface area (TPSA) is 129 Å². The van der Waals surface area contributed by atoms with Gasteiger partial charge in [0.25, 0.3) is 11.6 Å². The van der Waals surface area contributed by atoms with Crippen LogP contribution in [0.15, 0.2) is 71.8 Å². The normalized spacial score (nSPS) is 10.6. The van der Waals surface area contributed by atoms with E-state index in [1.807, 2.05) is 6.92 Å². The number of nitro groups is 1. The number of nitrogens with one attached hydrogen (secondary N) is 1. The Kier molecular flexibility index (Phi) is 9.10. The van der Waals surface area contributed by atoms with Crippen LogP contribution in [0.3, 0.4) is 0 Å². The molecule has 0 atom stereocenters. The van der Waals surface area contributed by atoms with Gasteiger partial charge in [-0.3, -0.25) is 14.9 Å². The monoisotopic (exact) mass is 491 g/mol. The number of hydrogen-bond acceptors (Lipinski definition) is 8. The van der Waals surface area contributed by atoms with Crippen LogP contribution in [0.2, 0.25) is 0 Å². The smallest absolute Gasteiger partial charge is 0.343 e. The summed E-state index contributed by atoms with van der Waals surface area (Å²) < 4.78 is 16.6. The highest BCUT2D eigenvalue weighted by Gasteiger charge is 2.14. The van der Waals surface area contributed by atoms with Gasteiger partial charge in [-0.05, 0) is 73.5 Å². The van der Waals surface area contributed by atoms with Crippen molar-refractivity contribution in [1.29, 1.82) is 0 Å². The number of hydrazone groups is 1. The van der Waals surface area contributed by atoms with E-state index in [1.165, 1.54) is 30.5 Å². The van der Waals surface area contributed by atoms with Crippen LogP contribution in [0.5, 0.6) is 17.2 Å². The first-order valence-electron chi connectivity index (χ1n) is 11.2. The summed E-state index contributed by atoms with van der Waals surface area (Å²) in [5, 5.41) is 14.6. The SMILES string of the molecule is CCCOc1ccc(C(=O)Oc2ccc(C=NNC(=O)c3ccc([N+](=O)[O-])cc3)cc2OCC)cc1. The summed E-state index contributed by atoms with van der Waals surface area (Å²) in [6.45, 7) is 4.74. The Hall–Kier alpha value is -4.73. The summed E-state index contributed by atoms with van der Waals surface area (Å²) >= 11 is 0. The number of nitrogens with zero attached hydrogens (tertiary/aromatic N) is 2. The number of rotatable bonds is 11. The highest BCUT2D eigenvalue weighted by atomic mass is 16.6. The fourth-order valence-electron chi connectivity index (χ4n) is 2.99. The van der Waals surface area contributed by atoms with E-state index in [1.54, 1.807) is 49.4 Å². The molecule has 0 aliphatic carbocycles. The van der Waals surface area contributed by atoms with Crippen molar-refractivity contribution in [3.63, 3.8) is 0 Å². The first-order valence-corrected chi connectivity index (χ1v) is 11.2. The van der Waals surface area contributed by atoms with Gasteiger partial charge in [-0.1, -0.05) is 6.92 Å². The van der Waals surface area contributed by atoms with E-state index in [2.05, 4.69) is 10.5 Å². The first-order chi connectivity index (χ1) is 17.4. The van der Waals surface area contributed by atoms with Gasteiger partial charge in [0.15, 0.2) is 11.5 Å². The lowest BCUT2D eigenvalue weighted by atomic mass is 10.2. The number of esters is 1. The number of hydrogen-bond donors (Lipinski definition) is 1. The van der Waals surface area contributed by atoms with E-state index in [4.69, 9.17) is 14.2 Å². The van der Waals surface area contributed by atoms with E-state index in [0.717, 1.165) is 6.42 Å². The van der Waals surface area contributed by atoms with Gasteiger partial charge in [-0.15, -0.1) is 0 Å². The molecule has 186 valence electrons. The lowest BCUT2D eigenvalue weighted by Crippen LogP contribution is -2.17. The van der Waals surface area contributed by atoms with Gasteiger partial charge in [0.1, 0.15) is 5.75 Å². The Bertz CT molecular complexity index is 1240. The molecule has 36 heavy (non-hydrogen) atoms. The molecule has 0 aromatic heterocycles. The molecule has 3 rings (SSSR count). The molecular weight excluding hydrogens is 466 g/mol. The van der Waals surface area contributed by atoms with Crippen molar-refractivity contribution in [2.45, 2.75) is 20.3 Å². The zero-order chi connectivity index (χ0) is 25.9. The van der Waals surface area contributed by atoms with Crippen molar-refractivity contribution in [3.8, 4) is 17.2 Å². The fourth-order valence-corrected chi connectivity index (χ4v) is 2.99. The second-order valence-corrected chi connectivity index (χ2v) is 7.40. The molecule has 0 heterocycles. The van der Waals surface area contributed by atoms with Gasteiger partial charge >= 0.3 is 5.97 Å². The summed E-state index contributed by atoms with van der Waals surface area (Å²) in [5.41, 5.74) is 3.41. The zero-order valence-corrected chi connectivity index (χ0v) is 19.8. The maximum Gasteiger partial charge on any atom is 0.343 e. The van der Waals surface area contributed by atoms with Crippen LogP contribution in [0.4, 0.5) is 5.69 Å². The van der Waals surface area contributed by atoms with E-state index in [9.17, 15) is 19.7 Å². The predicted octanol–water partition coefficient (Wildman–Crippen LogP) is 4.77. The summed E-state index contributed by atoms with van der Waals surface area (Å²) in [6.07, 6.45) is 2.28. The van der Waals surface area contributed by atoms with Crippen molar-refractivity contribution < 1.29 is 28.7 Å². The molecule has 0 spiro atoms. The molecule has 0 saturated carbocycles. The second kappa shape index (κ2) is 12.7. The Balaban J connectivity index is 1.65. The van der Waals surface area contributed by atoms with Crippen LogP contribution in [-0.2, 0) is 0 Å². The van der Waals surface area contributed by atoms with Crippen LogP contribution in [0, 0.1) is 10.1 Å². The summed E-state index contributed by atoms with van der Waals surface area (Å²) in [6, 6.07) is 16.7. The molecule has 10 nitrogen and oxygen atoms in total. The van der Waals surface area contributed by atoms with Gasteiger partial charge in [0.2, 0.25) is 0 Å². The zero-order valence-electron chi connectivity index (χ0n) is 19.8. The largest absolute Gasteiger partial charge is 0.494 e. The van der Waals surface area contributed by atoms with Crippen LogP contribution in [0.1, 0.15) is 46.5 Å². The van der Waals surface area contributed by atoms with E-state index in [0.29, 0.717) is 35.8 Å². The maximum absolute atomic E-state index is 12.6. The minimum Gasteiger partial charge on any atom is -0.494 e. The number of carbonyl (C=O) groups is 2. The Morgan fingerprint density at radius 2 is 1.64 bits per heavy atom. The number of nitro benzene ring substituents is 1. The third-order valence-corrected chi connectivity index (χ3v) is 4.75. The summed E-state index contributed by atoms with van der Waals surface area (Å²) in [7, 11) is 0. The van der Waals surface area contributed by atoms with Gasteiger partial charge in [0.05, 0.1) is 29.9 Å². The standard InChI is InChI=1S/C26H25N3O7/c1-3-15-35-22-12-8-20(9-13-22)26(31)36-23-14-5-18(16-24(23)34-4-2)17-27-28-25(30)19-6-10-21(11-7-19)29(32)33/h5-14,16-17H,3-4,15H2,1-2H3,(H,28,30). The summed E-state index contributed by atoms with van der Waals surface area (Å²) in [4.78, 5) is 35.0. The molecule has 0 radical (unpaired) electrons. The molecule has 3 aromatic carbocycles. The number of ether oxygens (including phenoxy) is 3. The average molecular weight is 492 g/mol. The molecule has 0 unspecified atom stereocenters. The highest BCUT2D eigenvalue weighted by Crippen LogP contribution is 2.29. The van der Waals surface area contributed by atoms with Crippen molar-refractivity contribution in [1.82, 2.24) is 5.43 Å². The average Bonchev–Trinajstić information content (AvgIpc) is 2.89. The quantitative estimate of drug-likeness (QED) is 0.134. The van der Waals surface area contributed by atoms with Gasteiger partial charge in [0, 0.05) is 17.7 Å². The third kappa shape index (κ3) is 7.13. The predicted molar refractivity (Wildman–Crippen MR) is 133 cm³/mol. The lowest BCUT2D eigenvalue weighted by Gasteiger charge is -2.12. The summed E-state index contributed by atoms with van der Waals surface area (Å²) in [5.74, 6) is 0.171. The van der Waals surface area contributed by atoms with Crippen LogP contribution >= 0.6 is 0 Å². The molecule has 1 N–H and O–H groups in total. The highest BCUT2D eigenvalue weighted by molar-refractivity contribution is 5.95. The Morgan fingerprint density at radius 1 is 0.944 bits per heavy atom. The molecular formula is C26H25N3O7. The van der Waals surface area contributed by atoms with Crippen LogP contribution < -0.4 is 19.6 Å². The maximum atomic E-state index is 12.6. The molecule has 10 heteroatoms.